The molecule has 3 aromatic rings. The second kappa shape index (κ2) is 8.61. The average molecular weight is 440 g/mol. The minimum Gasteiger partial charge on any atom is -0.352 e. The molecule has 166 valence electrons. The molecular weight excluding hydrogens is 417 g/mol. The van der Waals surface area contributed by atoms with E-state index in [0.29, 0.717) is 32.0 Å². The van der Waals surface area contributed by atoms with Gasteiger partial charge in [-0.15, -0.1) is 10.2 Å². The number of hydrogen-bond acceptors (Lipinski definition) is 4. The highest BCUT2D eigenvalue weighted by molar-refractivity contribution is 5.94. The molecule has 0 N–H and O–H groups in total. The van der Waals surface area contributed by atoms with Crippen LogP contribution in [0.1, 0.15) is 27.0 Å². The first-order valence-electron chi connectivity index (χ1n) is 10.4. The van der Waals surface area contributed by atoms with E-state index >= 15 is 0 Å². The molecule has 5 nitrogen and oxygen atoms in total. The van der Waals surface area contributed by atoms with Gasteiger partial charge in [0.25, 0.3) is 5.91 Å². The van der Waals surface area contributed by atoms with Crippen molar-refractivity contribution in [3.63, 3.8) is 0 Å². The quantitative estimate of drug-likeness (QED) is 0.590. The lowest BCUT2D eigenvalue weighted by atomic mass is 10.0. The molecule has 1 aliphatic heterocycles. The van der Waals surface area contributed by atoms with E-state index in [0.717, 1.165) is 23.4 Å². The maximum Gasteiger partial charge on any atom is 0.416 e. The van der Waals surface area contributed by atoms with Gasteiger partial charge in [-0.05, 0) is 61.4 Å². The molecule has 0 unspecified atom stereocenters. The number of aryl methyl sites for hydroxylation is 2. The van der Waals surface area contributed by atoms with E-state index in [9.17, 15) is 18.0 Å². The van der Waals surface area contributed by atoms with Crippen molar-refractivity contribution in [2.24, 2.45) is 0 Å². The Balaban J connectivity index is 1.40. The highest BCUT2D eigenvalue weighted by atomic mass is 19.4. The maximum atomic E-state index is 12.9. The first kappa shape index (κ1) is 21.8. The Hall–Kier alpha value is -3.42. The predicted octanol–water partition coefficient (Wildman–Crippen LogP) is 4.74. The number of amides is 1. The zero-order chi connectivity index (χ0) is 22.9. The van der Waals surface area contributed by atoms with E-state index in [1.165, 1.54) is 23.3 Å². The van der Waals surface area contributed by atoms with Crippen molar-refractivity contribution in [3.8, 4) is 11.3 Å². The van der Waals surface area contributed by atoms with Crippen LogP contribution >= 0.6 is 0 Å². The Bertz CT molecular complexity index is 1120. The van der Waals surface area contributed by atoms with E-state index in [1.54, 1.807) is 4.90 Å². The summed E-state index contributed by atoms with van der Waals surface area (Å²) in [5.41, 5.74) is 3.43. The summed E-state index contributed by atoms with van der Waals surface area (Å²) in [5, 5.41) is 8.70. The van der Waals surface area contributed by atoms with E-state index in [2.05, 4.69) is 36.2 Å². The van der Waals surface area contributed by atoms with Crippen molar-refractivity contribution in [1.82, 2.24) is 15.1 Å². The standard InChI is InChI=1S/C24H23F3N4O/c1-16-6-7-18(14-17(16)2)21-8-9-22(29-28-21)30-10-12-31(13-11-30)23(32)19-4-3-5-20(15-19)24(25,26)27/h3-9,14-15H,10-13H2,1-2H3. The molecule has 8 heteroatoms. The van der Waals surface area contributed by atoms with Crippen LogP contribution in [0.15, 0.2) is 54.6 Å². The third-order valence-corrected chi connectivity index (χ3v) is 5.78. The molecule has 1 aromatic heterocycles. The van der Waals surface area contributed by atoms with Gasteiger partial charge in [-0.1, -0.05) is 18.2 Å². The lowest BCUT2D eigenvalue weighted by Crippen LogP contribution is -2.49. The zero-order valence-electron chi connectivity index (χ0n) is 17.9. The normalized spacial score (nSPS) is 14.5. The van der Waals surface area contributed by atoms with Crippen molar-refractivity contribution in [3.05, 3.63) is 76.9 Å². The second-order valence-corrected chi connectivity index (χ2v) is 7.93. The van der Waals surface area contributed by atoms with Crippen LogP contribution in [0.5, 0.6) is 0 Å². The molecule has 4 rings (SSSR count). The highest BCUT2D eigenvalue weighted by Crippen LogP contribution is 2.30. The van der Waals surface area contributed by atoms with Gasteiger partial charge in [-0.2, -0.15) is 13.2 Å². The Kier molecular flexibility index (Phi) is 5.86. The predicted molar refractivity (Wildman–Crippen MR) is 117 cm³/mol. The number of hydrogen-bond donors (Lipinski definition) is 0. The molecule has 1 amide bonds. The molecule has 0 bridgehead atoms. The fourth-order valence-electron chi connectivity index (χ4n) is 3.70. The molecule has 0 spiro atoms. The van der Waals surface area contributed by atoms with Gasteiger partial charge in [-0.25, -0.2) is 0 Å². The van der Waals surface area contributed by atoms with Crippen molar-refractivity contribution in [2.45, 2.75) is 20.0 Å². The number of carbonyl (C=O) groups is 1. The maximum absolute atomic E-state index is 12.9. The molecule has 0 atom stereocenters. The molecule has 0 saturated carbocycles. The van der Waals surface area contributed by atoms with Crippen LogP contribution in [-0.2, 0) is 6.18 Å². The molecule has 2 aromatic carbocycles. The fraction of sp³-hybridized carbons (Fsp3) is 0.292. The minimum atomic E-state index is -4.48. The summed E-state index contributed by atoms with van der Waals surface area (Å²) in [6, 6.07) is 14.5. The van der Waals surface area contributed by atoms with Crippen molar-refractivity contribution in [2.75, 3.05) is 31.1 Å². The van der Waals surface area contributed by atoms with E-state index in [4.69, 9.17) is 0 Å². The number of halogens is 3. The minimum absolute atomic E-state index is 0.0470. The molecule has 0 radical (unpaired) electrons. The summed E-state index contributed by atoms with van der Waals surface area (Å²) in [4.78, 5) is 16.3. The van der Waals surface area contributed by atoms with Crippen molar-refractivity contribution in [1.29, 1.82) is 0 Å². The van der Waals surface area contributed by atoms with Gasteiger partial charge in [0.15, 0.2) is 5.82 Å². The van der Waals surface area contributed by atoms with E-state index < -0.39 is 17.6 Å². The molecule has 32 heavy (non-hydrogen) atoms. The van der Waals surface area contributed by atoms with Gasteiger partial charge in [0.1, 0.15) is 0 Å². The fourth-order valence-corrected chi connectivity index (χ4v) is 3.70. The van der Waals surface area contributed by atoms with Crippen LogP contribution in [0.3, 0.4) is 0 Å². The largest absolute Gasteiger partial charge is 0.416 e. The van der Waals surface area contributed by atoms with Crippen molar-refractivity contribution < 1.29 is 18.0 Å². The molecule has 1 aliphatic rings. The summed E-state index contributed by atoms with van der Waals surface area (Å²) in [6.07, 6.45) is -4.48. The van der Waals surface area contributed by atoms with Gasteiger partial charge in [0.2, 0.25) is 0 Å². The summed E-state index contributed by atoms with van der Waals surface area (Å²) in [7, 11) is 0. The average Bonchev–Trinajstić information content (AvgIpc) is 2.80. The summed E-state index contributed by atoms with van der Waals surface area (Å²) in [5.74, 6) is 0.315. The Morgan fingerprint density at radius 3 is 2.25 bits per heavy atom. The molecule has 1 fully saturated rings. The summed E-state index contributed by atoms with van der Waals surface area (Å²) >= 11 is 0. The topological polar surface area (TPSA) is 49.3 Å². The number of aromatic nitrogens is 2. The lowest BCUT2D eigenvalue weighted by Gasteiger charge is -2.35. The smallest absolute Gasteiger partial charge is 0.352 e. The number of nitrogens with zero attached hydrogens (tertiary/aromatic N) is 4. The van der Waals surface area contributed by atoms with Crippen LogP contribution in [0.4, 0.5) is 19.0 Å². The summed E-state index contributed by atoms with van der Waals surface area (Å²) < 4.78 is 38.8. The number of alkyl halides is 3. The highest BCUT2D eigenvalue weighted by Gasteiger charge is 2.31. The lowest BCUT2D eigenvalue weighted by molar-refractivity contribution is -0.137. The molecule has 0 aliphatic carbocycles. The Morgan fingerprint density at radius 1 is 0.875 bits per heavy atom. The van der Waals surface area contributed by atoms with Gasteiger partial charge in [0.05, 0.1) is 11.3 Å². The van der Waals surface area contributed by atoms with Gasteiger partial charge < -0.3 is 9.80 Å². The van der Waals surface area contributed by atoms with Crippen LogP contribution < -0.4 is 4.90 Å². The van der Waals surface area contributed by atoms with Crippen LogP contribution in [-0.4, -0.2) is 47.2 Å². The first-order valence-corrected chi connectivity index (χ1v) is 10.4. The second-order valence-electron chi connectivity index (χ2n) is 7.93. The van der Waals surface area contributed by atoms with E-state index in [1.807, 2.05) is 23.1 Å². The SMILES string of the molecule is Cc1ccc(-c2ccc(N3CCN(C(=O)c4cccc(C(F)(F)F)c4)CC3)nn2)cc1C. The molecule has 1 saturated heterocycles. The number of anilines is 1. The molecular formula is C24H23F3N4O. The summed E-state index contributed by atoms with van der Waals surface area (Å²) in [6.45, 7) is 5.97. The van der Waals surface area contributed by atoms with Gasteiger partial charge in [-0.3, -0.25) is 4.79 Å². The zero-order valence-corrected chi connectivity index (χ0v) is 17.9. The third-order valence-electron chi connectivity index (χ3n) is 5.78. The van der Waals surface area contributed by atoms with Gasteiger partial charge in [0, 0.05) is 37.3 Å². The Labute approximate surface area is 184 Å². The van der Waals surface area contributed by atoms with Crippen LogP contribution in [0, 0.1) is 13.8 Å². The Morgan fingerprint density at radius 2 is 1.62 bits per heavy atom. The van der Waals surface area contributed by atoms with Crippen molar-refractivity contribution >= 4 is 11.7 Å². The van der Waals surface area contributed by atoms with Gasteiger partial charge >= 0.3 is 6.18 Å². The van der Waals surface area contributed by atoms with Crippen LogP contribution in [0.25, 0.3) is 11.3 Å². The number of benzene rings is 2. The number of rotatable bonds is 3. The number of carbonyl (C=O) groups excluding carboxylic acids is 1. The first-order chi connectivity index (χ1) is 15.2. The van der Waals surface area contributed by atoms with E-state index in [-0.39, 0.29) is 5.56 Å². The third kappa shape index (κ3) is 4.59. The van der Waals surface area contributed by atoms with Crippen LogP contribution in [0.2, 0.25) is 0 Å². The number of piperazine rings is 1. The monoisotopic (exact) mass is 440 g/mol. The molecule has 2 heterocycles.